The van der Waals surface area contributed by atoms with E-state index in [0.29, 0.717) is 5.69 Å². The third kappa shape index (κ3) is 4.97. The number of anilines is 1. The van der Waals surface area contributed by atoms with Crippen molar-refractivity contribution in [3.05, 3.63) is 29.3 Å². The molecular formula is C11H13F3N2O2S2. The van der Waals surface area contributed by atoms with Gasteiger partial charge in [-0.25, -0.2) is 8.42 Å². The van der Waals surface area contributed by atoms with E-state index in [4.69, 9.17) is 5.73 Å². The zero-order valence-electron chi connectivity index (χ0n) is 10.5. The van der Waals surface area contributed by atoms with Crippen LogP contribution in [0.2, 0.25) is 0 Å². The predicted octanol–water partition coefficient (Wildman–Crippen LogP) is 1.80. The van der Waals surface area contributed by atoms with Crippen molar-refractivity contribution < 1.29 is 21.6 Å². The lowest BCUT2D eigenvalue weighted by Gasteiger charge is -2.14. The van der Waals surface area contributed by atoms with Gasteiger partial charge in [-0.2, -0.15) is 13.2 Å². The molecule has 0 atom stereocenters. The summed E-state index contributed by atoms with van der Waals surface area (Å²) in [5.74, 6) is -0.129. The summed E-state index contributed by atoms with van der Waals surface area (Å²) in [7, 11) is -3.15. The zero-order chi connectivity index (χ0) is 15.6. The van der Waals surface area contributed by atoms with Crippen LogP contribution in [0.3, 0.4) is 0 Å². The molecule has 0 saturated heterocycles. The van der Waals surface area contributed by atoms with Gasteiger partial charge in [-0.1, -0.05) is 12.2 Å². The van der Waals surface area contributed by atoms with Gasteiger partial charge in [-0.3, -0.25) is 0 Å². The molecule has 1 aromatic rings. The molecule has 0 heterocycles. The van der Waals surface area contributed by atoms with Gasteiger partial charge in [0.05, 0.1) is 11.3 Å². The maximum Gasteiger partial charge on any atom is 0.417 e. The minimum Gasteiger partial charge on any atom is -0.389 e. The number of hydrogen-bond acceptors (Lipinski definition) is 4. The molecule has 0 radical (unpaired) electrons. The second-order valence-electron chi connectivity index (χ2n) is 4.18. The summed E-state index contributed by atoms with van der Waals surface area (Å²) in [5, 5.41) is 2.71. The van der Waals surface area contributed by atoms with E-state index in [-0.39, 0.29) is 22.8 Å². The van der Waals surface area contributed by atoms with Crippen molar-refractivity contribution in [2.75, 3.05) is 23.9 Å². The van der Waals surface area contributed by atoms with Crippen molar-refractivity contribution >= 4 is 32.7 Å². The number of nitrogens with two attached hydrogens (primary N) is 1. The summed E-state index contributed by atoms with van der Waals surface area (Å²) in [5.41, 5.74) is 4.40. The lowest BCUT2D eigenvalue weighted by atomic mass is 10.1. The average molecular weight is 326 g/mol. The van der Waals surface area contributed by atoms with Crippen LogP contribution in [0.15, 0.2) is 18.2 Å². The maximum atomic E-state index is 12.7. The minimum absolute atomic E-state index is 0.0843. The van der Waals surface area contributed by atoms with Crippen LogP contribution in [-0.2, 0) is 16.0 Å². The van der Waals surface area contributed by atoms with Gasteiger partial charge >= 0.3 is 6.18 Å². The van der Waals surface area contributed by atoms with Crippen LogP contribution >= 0.6 is 12.2 Å². The van der Waals surface area contributed by atoms with Gasteiger partial charge in [0.25, 0.3) is 0 Å². The molecule has 0 spiro atoms. The van der Waals surface area contributed by atoms with Crippen molar-refractivity contribution in [1.82, 2.24) is 0 Å². The molecule has 9 heteroatoms. The van der Waals surface area contributed by atoms with Gasteiger partial charge in [0.2, 0.25) is 0 Å². The molecule has 0 bridgehead atoms. The van der Waals surface area contributed by atoms with Crippen molar-refractivity contribution in [3.63, 3.8) is 0 Å². The fourth-order valence-electron chi connectivity index (χ4n) is 1.49. The topological polar surface area (TPSA) is 72.2 Å². The fourth-order valence-corrected chi connectivity index (χ4v) is 2.13. The standard InChI is InChI=1S/C11H13F3N2O2S2/c1-20(17,18)5-4-16-7-2-3-9(11(12,13)14)8(6-7)10(15)19/h2-3,6,16H,4-5H2,1H3,(H2,15,19). The van der Waals surface area contributed by atoms with Crippen molar-refractivity contribution in [3.8, 4) is 0 Å². The first-order valence-electron chi connectivity index (χ1n) is 5.43. The Bertz CT molecular complexity index is 613. The molecule has 0 aromatic heterocycles. The fraction of sp³-hybridized carbons (Fsp3) is 0.364. The molecule has 1 rings (SSSR count). The predicted molar refractivity (Wildman–Crippen MR) is 75.5 cm³/mol. The van der Waals surface area contributed by atoms with Crippen LogP contribution in [0.25, 0.3) is 0 Å². The Kier molecular flexibility index (Phi) is 4.98. The maximum absolute atomic E-state index is 12.7. The molecule has 3 N–H and O–H groups in total. The molecular weight excluding hydrogens is 313 g/mol. The highest BCUT2D eigenvalue weighted by molar-refractivity contribution is 7.90. The van der Waals surface area contributed by atoms with E-state index in [9.17, 15) is 21.6 Å². The van der Waals surface area contributed by atoms with Gasteiger partial charge in [0.15, 0.2) is 0 Å². The largest absolute Gasteiger partial charge is 0.417 e. The normalized spacial score (nSPS) is 12.2. The van der Waals surface area contributed by atoms with E-state index in [2.05, 4.69) is 17.5 Å². The molecule has 0 aliphatic heterocycles. The SMILES string of the molecule is CS(=O)(=O)CCNc1ccc(C(F)(F)F)c(C(N)=S)c1. The highest BCUT2D eigenvalue weighted by Gasteiger charge is 2.34. The van der Waals surface area contributed by atoms with E-state index in [1.54, 1.807) is 0 Å². The summed E-state index contributed by atoms with van der Waals surface area (Å²) in [6.07, 6.45) is -3.48. The summed E-state index contributed by atoms with van der Waals surface area (Å²) in [6, 6.07) is 3.22. The Morgan fingerprint density at radius 3 is 2.45 bits per heavy atom. The number of hydrogen-bond donors (Lipinski definition) is 2. The van der Waals surface area contributed by atoms with Crippen LogP contribution in [-0.4, -0.2) is 32.0 Å². The highest BCUT2D eigenvalue weighted by Crippen LogP contribution is 2.33. The summed E-state index contributed by atoms with van der Waals surface area (Å²) < 4.78 is 60.1. The van der Waals surface area contributed by atoms with E-state index in [0.717, 1.165) is 18.4 Å². The number of thiocarbonyl (C=S) groups is 1. The lowest BCUT2D eigenvalue weighted by Crippen LogP contribution is -2.19. The number of alkyl halides is 3. The molecule has 0 aliphatic rings. The molecule has 0 amide bonds. The molecule has 1 aromatic carbocycles. The Labute approximate surface area is 120 Å². The third-order valence-electron chi connectivity index (χ3n) is 2.39. The number of halogens is 3. The van der Waals surface area contributed by atoms with Crippen LogP contribution in [0, 0.1) is 0 Å². The summed E-state index contributed by atoms with van der Waals surface area (Å²) in [6.45, 7) is 0.0843. The average Bonchev–Trinajstić information content (AvgIpc) is 2.25. The van der Waals surface area contributed by atoms with Gasteiger partial charge in [0, 0.05) is 24.1 Å². The molecule has 20 heavy (non-hydrogen) atoms. The molecule has 0 fully saturated rings. The monoisotopic (exact) mass is 326 g/mol. The van der Waals surface area contributed by atoms with Crippen molar-refractivity contribution in [2.45, 2.75) is 6.18 Å². The van der Waals surface area contributed by atoms with Crippen molar-refractivity contribution in [1.29, 1.82) is 0 Å². The van der Waals surface area contributed by atoms with E-state index < -0.39 is 21.6 Å². The molecule has 0 aliphatic carbocycles. The smallest absolute Gasteiger partial charge is 0.389 e. The number of nitrogens with one attached hydrogen (secondary N) is 1. The van der Waals surface area contributed by atoms with Crippen LogP contribution in [0.1, 0.15) is 11.1 Å². The van der Waals surface area contributed by atoms with E-state index in [1.807, 2.05) is 0 Å². The second kappa shape index (κ2) is 5.96. The van der Waals surface area contributed by atoms with Crippen LogP contribution in [0.5, 0.6) is 0 Å². The van der Waals surface area contributed by atoms with Gasteiger partial charge in [-0.15, -0.1) is 0 Å². The van der Waals surface area contributed by atoms with E-state index in [1.165, 1.54) is 6.07 Å². The third-order valence-corrected chi connectivity index (χ3v) is 3.56. The molecule has 4 nitrogen and oxygen atoms in total. The van der Waals surface area contributed by atoms with E-state index >= 15 is 0 Å². The second-order valence-corrected chi connectivity index (χ2v) is 6.88. The van der Waals surface area contributed by atoms with Crippen LogP contribution in [0.4, 0.5) is 18.9 Å². The molecule has 0 saturated carbocycles. The first kappa shape index (κ1) is 16.7. The highest BCUT2D eigenvalue weighted by atomic mass is 32.2. The number of benzene rings is 1. The van der Waals surface area contributed by atoms with Gasteiger partial charge < -0.3 is 11.1 Å². The minimum atomic E-state index is -4.55. The Morgan fingerprint density at radius 2 is 2.00 bits per heavy atom. The lowest BCUT2D eigenvalue weighted by molar-refractivity contribution is -0.137. The van der Waals surface area contributed by atoms with Crippen molar-refractivity contribution in [2.24, 2.45) is 5.73 Å². The molecule has 0 unspecified atom stereocenters. The number of sulfone groups is 1. The quantitative estimate of drug-likeness (QED) is 0.807. The molecule has 112 valence electrons. The van der Waals surface area contributed by atoms with Crippen LogP contribution < -0.4 is 11.1 Å². The Hall–Kier alpha value is -1.35. The number of rotatable bonds is 5. The van der Waals surface area contributed by atoms with Gasteiger partial charge in [-0.05, 0) is 18.2 Å². The summed E-state index contributed by atoms with van der Waals surface area (Å²) in [4.78, 5) is -0.371. The summed E-state index contributed by atoms with van der Waals surface area (Å²) >= 11 is 4.60. The van der Waals surface area contributed by atoms with Gasteiger partial charge in [0.1, 0.15) is 14.8 Å². The Balaban J connectivity index is 2.97. The zero-order valence-corrected chi connectivity index (χ0v) is 12.1. The first-order valence-corrected chi connectivity index (χ1v) is 7.90. The first-order chi connectivity index (χ1) is 9.00. The Morgan fingerprint density at radius 1 is 1.40 bits per heavy atom.